The highest BCUT2D eigenvalue weighted by atomic mass is 16.7. The number of fused-ring (bicyclic) bond motifs is 1. The fourth-order valence-corrected chi connectivity index (χ4v) is 2.84. The molecule has 136 valence electrons. The molecule has 3 aromatic rings. The summed E-state index contributed by atoms with van der Waals surface area (Å²) in [6, 6.07) is 17.2. The minimum absolute atomic E-state index is 0.203. The maximum atomic E-state index is 12.3. The lowest BCUT2D eigenvalue weighted by Crippen LogP contribution is -2.23. The van der Waals surface area contributed by atoms with Crippen molar-refractivity contribution in [2.24, 2.45) is 0 Å². The highest BCUT2D eigenvalue weighted by Crippen LogP contribution is 2.35. The van der Waals surface area contributed by atoms with Crippen LogP contribution < -0.4 is 20.1 Å². The number of nitrogens with one attached hydrogen (secondary N) is 2. The molecule has 2 N–H and O–H groups in total. The standard InChI is InChI=1S/C21H19N3O3/c1-14-3-2-4-15(9-14)11-23-21(25)18-7-5-17(12-22-18)24-16-6-8-19-20(10-16)27-13-26-19/h2-10,12,24H,11,13H2,1H3,(H,23,25). The summed E-state index contributed by atoms with van der Waals surface area (Å²) in [5.41, 5.74) is 4.24. The number of ether oxygens (including phenoxy) is 2. The van der Waals surface area contributed by atoms with Gasteiger partial charge in [-0.25, -0.2) is 4.98 Å². The molecule has 2 heterocycles. The van der Waals surface area contributed by atoms with Crippen molar-refractivity contribution in [2.45, 2.75) is 13.5 Å². The number of carbonyl (C=O) groups is 1. The van der Waals surface area contributed by atoms with E-state index in [0.717, 1.165) is 22.7 Å². The highest BCUT2D eigenvalue weighted by molar-refractivity contribution is 5.92. The van der Waals surface area contributed by atoms with Crippen LogP contribution in [-0.4, -0.2) is 17.7 Å². The molecule has 1 aromatic heterocycles. The van der Waals surface area contributed by atoms with E-state index in [9.17, 15) is 4.79 Å². The monoisotopic (exact) mass is 361 g/mol. The predicted molar refractivity (Wildman–Crippen MR) is 102 cm³/mol. The molecule has 0 atom stereocenters. The lowest BCUT2D eigenvalue weighted by atomic mass is 10.1. The summed E-state index contributed by atoms with van der Waals surface area (Å²) in [5, 5.41) is 6.12. The first-order valence-corrected chi connectivity index (χ1v) is 8.64. The van der Waals surface area contributed by atoms with Gasteiger partial charge in [0.05, 0.1) is 11.9 Å². The lowest BCUT2D eigenvalue weighted by molar-refractivity contribution is 0.0946. The number of pyridine rings is 1. The fourth-order valence-electron chi connectivity index (χ4n) is 2.84. The Balaban J connectivity index is 1.37. The van der Waals surface area contributed by atoms with E-state index in [1.54, 1.807) is 12.3 Å². The van der Waals surface area contributed by atoms with Gasteiger partial charge in [-0.1, -0.05) is 29.8 Å². The highest BCUT2D eigenvalue weighted by Gasteiger charge is 2.13. The third-order valence-corrected chi connectivity index (χ3v) is 4.19. The van der Waals surface area contributed by atoms with Crippen molar-refractivity contribution >= 4 is 17.3 Å². The molecule has 0 spiro atoms. The zero-order valence-electron chi connectivity index (χ0n) is 14.9. The summed E-state index contributed by atoms with van der Waals surface area (Å²) in [6.07, 6.45) is 1.63. The molecule has 0 saturated carbocycles. The number of hydrogen-bond donors (Lipinski definition) is 2. The van der Waals surface area contributed by atoms with Crippen LogP contribution in [0.25, 0.3) is 0 Å². The molecule has 2 aromatic carbocycles. The minimum Gasteiger partial charge on any atom is -0.454 e. The first-order chi connectivity index (χ1) is 13.2. The second kappa shape index (κ2) is 7.37. The summed E-state index contributed by atoms with van der Waals surface area (Å²) >= 11 is 0. The number of anilines is 2. The molecule has 6 nitrogen and oxygen atoms in total. The van der Waals surface area contributed by atoms with E-state index in [-0.39, 0.29) is 12.7 Å². The molecule has 1 aliphatic rings. The van der Waals surface area contributed by atoms with E-state index in [0.29, 0.717) is 18.0 Å². The molecule has 1 amide bonds. The third kappa shape index (κ3) is 4.00. The Morgan fingerprint density at radius 2 is 1.89 bits per heavy atom. The van der Waals surface area contributed by atoms with Gasteiger partial charge in [-0.2, -0.15) is 0 Å². The van der Waals surface area contributed by atoms with Crippen molar-refractivity contribution in [1.29, 1.82) is 0 Å². The zero-order chi connectivity index (χ0) is 18.6. The number of nitrogens with zero attached hydrogens (tertiary/aromatic N) is 1. The van der Waals surface area contributed by atoms with Crippen LogP contribution in [0, 0.1) is 6.92 Å². The smallest absolute Gasteiger partial charge is 0.270 e. The van der Waals surface area contributed by atoms with E-state index < -0.39 is 0 Å². The van der Waals surface area contributed by atoms with Crippen molar-refractivity contribution < 1.29 is 14.3 Å². The van der Waals surface area contributed by atoms with Gasteiger partial charge in [-0.15, -0.1) is 0 Å². The largest absolute Gasteiger partial charge is 0.454 e. The van der Waals surface area contributed by atoms with Gasteiger partial charge in [0.1, 0.15) is 5.69 Å². The Hall–Kier alpha value is -3.54. The maximum Gasteiger partial charge on any atom is 0.270 e. The van der Waals surface area contributed by atoms with Crippen molar-refractivity contribution in [3.63, 3.8) is 0 Å². The Labute approximate surface area is 157 Å². The zero-order valence-corrected chi connectivity index (χ0v) is 14.9. The molecule has 0 bridgehead atoms. The van der Waals surface area contributed by atoms with E-state index in [1.807, 2.05) is 55.5 Å². The van der Waals surface area contributed by atoms with E-state index in [2.05, 4.69) is 15.6 Å². The molecule has 0 saturated heterocycles. The van der Waals surface area contributed by atoms with E-state index in [4.69, 9.17) is 9.47 Å². The second-order valence-electron chi connectivity index (χ2n) is 6.30. The lowest BCUT2D eigenvalue weighted by Gasteiger charge is -2.09. The van der Waals surface area contributed by atoms with Gasteiger partial charge in [-0.05, 0) is 36.8 Å². The van der Waals surface area contributed by atoms with Gasteiger partial charge in [0.2, 0.25) is 6.79 Å². The van der Waals surface area contributed by atoms with Crippen LogP contribution in [-0.2, 0) is 6.54 Å². The summed E-state index contributed by atoms with van der Waals surface area (Å²) in [7, 11) is 0. The minimum atomic E-state index is -0.203. The van der Waals surface area contributed by atoms with Crippen molar-refractivity contribution in [1.82, 2.24) is 10.3 Å². The van der Waals surface area contributed by atoms with Crippen molar-refractivity contribution in [3.8, 4) is 11.5 Å². The molecule has 4 rings (SSSR count). The van der Waals surface area contributed by atoms with E-state index >= 15 is 0 Å². The van der Waals surface area contributed by atoms with Gasteiger partial charge < -0.3 is 20.1 Å². The average Bonchev–Trinajstić information content (AvgIpc) is 3.15. The maximum absolute atomic E-state index is 12.3. The van der Waals surface area contributed by atoms with Crippen LogP contribution in [0.3, 0.4) is 0 Å². The number of aromatic nitrogens is 1. The van der Waals surface area contributed by atoms with Gasteiger partial charge >= 0.3 is 0 Å². The molecule has 0 unspecified atom stereocenters. The number of carbonyl (C=O) groups excluding carboxylic acids is 1. The Bertz CT molecular complexity index is 971. The van der Waals surface area contributed by atoms with Crippen molar-refractivity contribution in [2.75, 3.05) is 12.1 Å². The predicted octanol–water partition coefficient (Wildman–Crippen LogP) is 3.79. The summed E-state index contributed by atoms with van der Waals surface area (Å²) in [4.78, 5) is 16.5. The molecule has 0 fully saturated rings. The second-order valence-corrected chi connectivity index (χ2v) is 6.30. The average molecular weight is 361 g/mol. The van der Waals surface area contributed by atoms with Crippen LogP contribution in [0.1, 0.15) is 21.6 Å². The van der Waals surface area contributed by atoms with Crippen LogP contribution in [0.4, 0.5) is 11.4 Å². The molecular formula is C21H19N3O3. The SMILES string of the molecule is Cc1cccc(CNC(=O)c2ccc(Nc3ccc4c(c3)OCO4)cn2)c1. The third-order valence-electron chi connectivity index (χ3n) is 4.19. The number of amides is 1. The Morgan fingerprint density at radius 1 is 1.04 bits per heavy atom. The molecule has 1 aliphatic heterocycles. The first kappa shape index (κ1) is 16.9. The normalized spacial score (nSPS) is 11.9. The van der Waals surface area contributed by atoms with Crippen LogP contribution in [0.15, 0.2) is 60.8 Å². The van der Waals surface area contributed by atoms with Crippen molar-refractivity contribution in [3.05, 3.63) is 77.6 Å². The van der Waals surface area contributed by atoms with Crippen LogP contribution in [0.5, 0.6) is 11.5 Å². The summed E-state index contributed by atoms with van der Waals surface area (Å²) < 4.78 is 10.7. The van der Waals surface area contributed by atoms with E-state index in [1.165, 1.54) is 5.56 Å². The van der Waals surface area contributed by atoms with Gasteiger partial charge in [0, 0.05) is 18.3 Å². The van der Waals surface area contributed by atoms with Gasteiger partial charge in [-0.3, -0.25) is 4.79 Å². The molecular weight excluding hydrogens is 342 g/mol. The first-order valence-electron chi connectivity index (χ1n) is 8.64. The Morgan fingerprint density at radius 3 is 2.70 bits per heavy atom. The van der Waals surface area contributed by atoms with Gasteiger partial charge in [0.25, 0.3) is 5.91 Å². The number of benzene rings is 2. The molecule has 0 radical (unpaired) electrons. The Kier molecular flexibility index (Phi) is 4.61. The number of hydrogen-bond acceptors (Lipinski definition) is 5. The number of aryl methyl sites for hydroxylation is 1. The molecule has 0 aliphatic carbocycles. The fraction of sp³-hybridized carbons (Fsp3) is 0.143. The van der Waals surface area contributed by atoms with Crippen LogP contribution >= 0.6 is 0 Å². The summed E-state index contributed by atoms with van der Waals surface area (Å²) in [5.74, 6) is 1.24. The summed E-state index contributed by atoms with van der Waals surface area (Å²) in [6.45, 7) is 2.74. The molecule has 27 heavy (non-hydrogen) atoms. The topological polar surface area (TPSA) is 72.5 Å². The molecule has 6 heteroatoms. The van der Waals surface area contributed by atoms with Crippen LogP contribution in [0.2, 0.25) is 0 Å². The number of rotatable bonds is 5. The quantitative estimate of drug-likeness (QED) is 0.723. The van der Waals surface area contributed by atoms with Gasteiger partial charge in [0.15, 0.2) is 11.5 Å².